The standard InChI is InChI=1S/C31H22IN3S/c1-31(2)24-17-16-20(19-33)18-26(24)36-25-15-9-14-23(27(25)31)29-32-28(21-10-5-3-6-11-21)34-30(35-29)22-12-7-4-8-13-22/h3-18H,1-2H3. The minimum absolute atomic E-state index is 0.221. The van der Waals surface area contributed by atoms with Gasteiger partial charge in [0.1, 0.15) is 7.35 Å². The summed E-state index contributed by atoms with van der Waals surface area (Å²) in [6.07, 6.45) is 0. The van der Waals surface area contributed by atoms with Gasteiger partial charge in [0, 0.05) is 31.9 Å². The van der Waals surface area contributed by atoms with Crippen LogP contribution in [0.5, 0.6) is 0 Å². The maximum absolute atomic E-state index is 9.43. The molecule has 0 fully saturated rings. The molecule has 0 aromatic heterocycles. The summed E-state index contributed by atoms with van der Waals surface area (Å²) in [5.41, 5.74) is 6.45. The first-order chi connectivity index (χ1) is 17.5. The SMILES string of the molecule is CC1(C)c2ccc(C#N)cc2Sc2cccc(C3=NC(c4ccccc4)=NC(c4ccccc4)=I3)c21. The van der Waals surface area contributed by atoms with Crippen molar-refractivity contribution < 1.29 is 0 Å². The van der Waals surface area contributed by atoms with E-state index in [4.69, 9.17) is 9.98 Å². The molecule has 3 nitrogen and oxygen atoms in total. The number of halogens is 1. The zero-order valence-electron chi connectivity index (χ0n) is 19.9. The topological polar surface area (TPSA) is 48.5 Å². The van der Waals surface area contributed by atoms with Crippen molar-refractivity contribution in [1.29, 1.82) is 5.26 Å². The molecule has 0 aliphatic carbocycles. The van der Waals surface area contributed by atoms with Crippen molar-refractivity contribution in [3.8, 4) is 6.07 Å². The summed E-state index contributed by atoms with van der Waals surface area (Å²) in [4.78, 5) is 12.7. The second kappa shape index (κ2) is 9.27. The highest BCUT2D eigenvalue weighted by atomic mass is 127. The van der Waals surface area contributed by atoms with Crippen molar-refractivity contribution in [2.24, 2.45) is 9.98 Å². The molecule has 0 radical (unpaired) electrons. The van der Waals surface area contributed by atoms with Crippen molar-refractivity contribution in [2.75, 3.05) is 0 Å². The third-order valence-electron chi connectivity index (χ3n) is 6.51. The molecule has 5 heteroatoms. The van der Waals surface area contributed by atoms with Crippen molar-refractivity contribution in [2.45, 2.75) is 29.1 Å². The molecule has 6 rings (SSSR count). The van der Waals surface area contributed by atoms with E-state index in [0.29, 0.717) is 5.56 Å². The lowest BCUT2D eigenvalue weighted by Crippen LogP contribution is -2.27. The highest BCUT2D eigenvalue weighted by Gasteiger charge is 2.36. The van der Waals surface area contributed by atoms with Crippen LogP contribution in [0.1, 0.15) is 47.2 Å². The third kappa shape index (κ3) is 4.04. The van der Waals surface area contributed by atoms with Gasteiger partial charge >= 0.3 is 0 Å². The van der Waals surface area contributed by atoms with E-state index < -0.39 is 20.7 Å². The van der Waals surface area contributed by atoms with Gasteiger partial charge in [0.05, 0.1) is 11.6 Å². The summed E-state index contributed by atoms with van der Waals surface area (Å²) < 4.78 is 2.28. The number of fused-ring (bicyclic) bond motifs is 2. The average Bonchev–Trinajstić information content (AvgIpc) is 2.93. The zero-order chi connectivity index (χ0) is 24.7. The van der Waals surface area contributed by atoms with Gasteiger partial charge < -0.3 is 0 Å². The number of nitriles is 1. The molecule has 0 saturated heterocycles. The summed E-state index contributed by atoms with van der Waals surface area (Å²) in [6, 6.07) is 35.7. The first kappa shape index (κ1) is 23.1. The molecule has 4 aromatic rings. The zero-order valence-corrected chi connectivity index (χ0v) is 22.8. The fraction of sp³-hybridized carbons (Fsp3) is 0.0968. The Morgan fingerprint density at radius 3 is 2.22 bits per heavy atom. The predicted octanol–water partition coefficient (Wildman–Crippen LogP) is 7.70. The van der Waals surface area contributed by atoms with Gasteiger partial charge in [-0.25, -0.2) is 9.98 Å². The van der Waals surface area contributed by atoms with E-state index >= 15 is 0 Å². The van der Waals surface area contributed by atoms with Crippen LogP contribution < -0.4 is 0 Å². The van der Waals surface area contributed by atoms with Gasteiger partial charge in [0.15, 0.2) is 5.84 Å². The van der Waals surface area contributed by atoms with Gasteiger partial charge in [0.25, 0.3) is 0 Å². The Morgan fingerprint density at radius 2 is 1.50 bits per heavy atom. The summed E-state index contributed by atoms with van der Waals surface area (Å²) in [5.74, 6) is 0.772. The molecule has 0 unspecified atom stereocenters. The predicted molar refractivity (Wildman–Crippen MR) is 158 cm³/mol. The van der Waals surface area contributed by atoms with Crippen molar-refractivity contribution in [3.05, 3.63) is 130 Å². The highest BCUT2D eigenvalue weighted by Crippen LogP contribution is 2.51. The molecule has 36 heavy (non-hydrogen) atoms. The Morgan fingerprint density at radius 1 is 0.778 bits per heavy atom. The minimum Gasteiger partial charge on any atom is -0.222 e. The number of aliphatic imine (C=N–C) groups is 2. The van der Waals surface area contributed by atoms with Crippen LogP contribution in [0.2, 0.25) is 0 Å². The molecular formula is C31H22IN3S. The minimum atomic E-state index is -0.602. The smallest absolute Gasteiger partial charge is 0.161 e. The van der Waals surface area contributed by atoms with E-state index in [9.17, 15) is 5.26 Å². The van der Waals surface area contributed by atoms with Crippen LogP contribution in [0, 0.1) is 11.3 Å². The first-order valence-corrected chi connectivity index (χ1v) is 14.7. The fourth-order valence-corrected chi connectivity index (χ4v) is 8.80. The molecule has 0 bridgehead atoms. The van der Waals surface area contributed by atoms with E-state index in [1.807, 2.05) is 36.4 Å². The highest BCUT2D eigenvalue weighted by molar-refractivity contribution is 14.2. The quantitative estimate of drug-likeness (QED) is 0.228. The molecule has 4 aromatic carbocycles. The summed E-state index contributed by atoms with van der Waals surface area (Å²) in [5, 5.41) is 9.43. The van der Waals surface area contributed by atoms with Crippen molar-refractivity contribution in [3.63, 3.8) is 0 Å². The molecule has 0 amide bonds. The van der Waals surface area contributed by atoms with Gasteiger partial charge in [-0.1, -0.05) is 104 Å². The molecule has 0 N–H and O–H groups in total. The van der Waals surface area contributed by atoms with E-state index in [-0.39, 0.29) is 5.41 Å². The monoisotopic (exact) mass is 595 g/mol. The maximum Gasteiger partial charge on any atom is 0.161 e. The van der Waals surface area contributed by atoms with E-state index in [2.05, 4.69) is 80.6 Å². The summed E-state index contributed by atoms with van der Waals surface area (Å²) >= 11 is 1.15. The second-order valence-electron chi connectivity index (χ2n) is 9.18. The van der Waals surface area contributed by atoms with Gasteiger partial charge in [0.2, 0.25) is 0 Å². The Kier molecular flexibility index (Phi) is 5.94. The number of hydrogen-bond acceptors (Lipinski definition) is 4. The van der Waals surface area contributed by atoms with Gasteiger partial charge in [-0.05, 0) is 50.1 Å². The Balaban J connectivity index is 1.55. The van der Waals surface area contributed by atoms with Crippen LogP contribution in [-0.4, -0.2) is 13.2 Å². The number of rotatable bonds is 3. The first-order valence-electron chi connectivity index (χ1n) is 11.7. The van der Waals surface area contributed by atoms with Crippen LogP contribution in [0.25, 0.3) is 0 Å². The van der Waals surface area contributed by atoms with Crippen LogP contribution in [-0.2, 0) is 5.41 Å². The van der Waals surface area contributed by atoms with Crippen LogP contribution in [0.4, 0.5) is 0 Å². The number of hydrogen-bond donors (Lipinski definition) is 0. The van der Waals surface area contributed by atoms with Crippen molar-refractivity contribution in [1.82, 2.24) is 0 Å². The van der Waals surface area contributed by atoms with Crippen LogP contribution in [0.15, 0.2) is 117 Å². The molecule has 2 aliphatic heterocycles. The Hall–Kier alpha value is -3.34. The lowest BCUT2D eigenvalue weighted by molar-refractivity contribution is 0.606. The normalized spacial score (nSPS) is 15.8. The Labute approximate surface area is 225 Å². The van der Waals surface area contributed by atoms with Gasteiger partial charge in [-0.15, -0.1) is 0 Å². The number of benzene rings is 4. The van der Waals surface area contributed by atoms with Crippen molar-refractivity contribution >= 4 is 45.7 Å². The average molecular weight is 596 g/mol. The van der Waals surface area contributed by atoms with Crippen LogP contribution >= 0.6 is 32.5 Å². The molecule has 0 spiro atoms. The fourth-order valence-electron chi connectivity index (χ4n) is 4.74. The molecular weight excluding hydrogens is 573 g/mol. The summed E-state index contributed by atoms with van der Waals surface area (Å²) in [7, 11) is 0. The molecule has 174 valence electrons. The second-order valence-corrected chi connectivity index (χ2v) is 12.9. The van der Waals surface area contributed by atoms with Gasteiger partial charge in [-0.2, -0.15) is 5.26 Å². The lowest BCUT2D eigenvalue weighted by atomic mass is 9.75. The maximum atomic E-state index is 9.43. The summed E-state index contributed by atoms with van der Waals surface area (Å²) in [6.45, 7) is 4.57. The van der Waals surface area contributed by atoms with E-state index in [0.717, 1.165) is 23.6 Å². The largest absolute Gasteiger partial charge is 0.222 e. The molecule has 0 saturated carbocycles. The molecule has 2 aliphatic rings. The van der Waals surface area contributed by atoms with Crippen LogP contribution in [0.3, 0.4) is 0 Å². The lowest BCUT2D eigenvalue weighted by Gasteiger charge is -2.36. The van der Waals surface area contributed by atoms with Gasteiger partial charge in [-0.3, -0.25) is 0 Å². The van der Waals surface area contributed by atoms with E-state index in [1.54, 1.807) is 11.8 Å². The number of nitrogens with zero attached hydrogens (tertiary/aromatic N) is 3. The van der Waals surface area contributed by atoms with E-state index in [1.165, 1.54) is 27.1 Å². The number of amidine groups is 1. The Bertz CT molecular complexity index is 1590. The molecule has 2 heterocycles. The third-order valence-corrected chi connectivity index (χ3v) is 10.3. The molecule has 0 atom stereocenters.